The number of thiophene rings is 2. The van der Waals surface area contributed by atoms with Crippen LogP contribution in [0.2, 0.25) is 0 Å². The Hall–Kier alpha value is -3.37. The third-order valence-electron chi connectivity index (χ3n) is 3.41. The molecular formula is C17H12N4O4S2. The summed E-state index contributed by atoms with van der Waals surface area (Å²) in [5.41, 5.74) is 2.55. The molecule has 0 aliphatic heterocycles. The minimum atomic E-state index is -0.683. The molecule has 2 aromatic heterocycles. The lowest BCUT2D eigenvalue weighted by Crippen LogP contribution is -2.02. The number of anilines is 1. The molecule has 136 valence electrons. The van der Waals surface area contributed by atoms with Gasteiger partial charge in [0.1, 0.15) is 11.4 Å². The van der Waals surface area contributed by atoms with Crippen molar-refractivity contribution in [2.24, 2.45) is 5.10 Å². The van der Waals surface area contributed by atoms with Gasteiger partial charge in [-0.2, -0.15) is 5.10 Å². The number of hydrazone groups is 1. The van der Waals surface area contributed by atoms with Crippen molar-refractivity contribution >= 4 is 51.5 Å². The van der Waals surface area contributed by atoms with Gasteiger partial charge >= 0.3 is 5.69 Å². The van der Waals surface area contributed by atoms with Gasteiger partial charge in [-0.3, -0.25) is 25.7 Å². The molecule has 0 atom stereocenters. The second kappa shape index (κ2) is 8.34. The summed E-state index contributed by atoms with van der Waals surface area (Å²) in [5.74, 6) is 0. The highest BCUT2D eigenvalue weighted by molar-refractivity contribution is 7.12. The van der Waals surface area contributed by atoms with Crippen molar-refractivity contribution in [1.82, 2.24) is 0 Å². The smallest absolute Gasteiger partial charge is 0.271 e. The van der Waals surface area contributed by atoms with Crippen LogP contribution in [-0.4, -0.2) is 15.6 Å². The van der Waals surface area contributed by atoms with E-state index in [0.29, 0.717) is 5.71 Å². The standard InChI is InChI=1S/C17H12N4O4S2/c22-20(23)12-5-7-14(16(11-12)21(24)25)18-19-15(17-4-2-10-27-17)8-6-13-3-1-9-26-13/h1-11,18H/b8-6+,19-15+. The van der Waals surface area contributed by atoms with E-state index in [1.54, 1.807) is 11.3 Å². The lowest BCUT2D eigenvalue weighted by Gasteiger charge is -2.04. The van der Waals surface area contributed by atoms with Crippen molar-refractivity contribution in [3.05, 3.63) is 89.3 Å². The Morgan fingerprint density at radius 2 is 1.81 bits per heavy atom. The molecule has 0 radical (unpaired) electrons. The molecule has 0 spiro atoms. The number of nitro groups is 2. The number of nitrogens with zero attached hydrogens (tertiary/aromatic N) is 3. The fraction of sp³-hybridized carbons (Fsp3) is 0. The molecule has 2 heterocycles. The van der Waals surface area contributed by atoms with Crippen molar-refractivity contribution in [1.29, 1.82) is 0 Å². The highest BCUT2D eigenvalue weighted by Crippen LogP contribution is 2.29. The maximum atomic E-state index is 11.2. The van der Waals surface area contributed by atoms with Gasteiger partial charge in [-0.25, -0.2) is 0 Å². The molecule has 0 saturated carbocycles. The molecule has 0 unspecified atom stereocenters. The first-order valence-corrected chi connectivity index (χ1v) is 9.32. The summed E-state index contributed by atoms with van der Waals surface area (Å²) in [4.78, 5) is 22.6. The predicted molar refractivity (Wildman–Crippen MR) is 108 cm³/mol. The van der Waals surface area contributed by atoms with E-state index in [0.717, 1.165) is 15.8 Å². The summed E-state index contributed by atoms with van der Waals surface area (Å²) in [6.45, 7) is 0. The summed E-state index contributed by atoms with van der Waals surface area (Å²) in [6.07, 6.45) is 3.71. The van der Waals surface area contributed by atoms with Crippen LogP contribution in [0.1, 0.15) is 9.75 Å². The zero-order chi connectivity index (χ0) is 19.2. The summed E-state index contributed by atoms with van der Waals surface area (Å²) in [7, 11) is 0. The first-order valence-electron chi connectivity index (χ1n) is 7.56. The lowest BCUT2D eigenvalue weighted by atomic mass is 10.2. The first kappa shape index (κ1) is 18.4. The van der Waals surface area contributed by atoms with E-state index < -0.39 is 15.5 Å². The minimum absolute atomic E-state index is 0.0733. The highest BCUT2D eigenvalue weighted by atomic mass is 32.1. The van der Waals surface area contributed by atoms with Crippen LogP contribution >= 0.6 is 22.7 Å². The molecule has 3 rings (SSSR count). The highest BCUT2D eigenvalue weighted by Gasteiger charge is 2.19. The third-order valence-corrected chi connectivity index (χ3v) is 5.14. The molecule has 0 aliphatic carbocycles. The summed E-state index contributed by atoms with van der Waals surface area (Å²) >= 11 is 3.05. The van der Waals surface area contributed by atoms with Crippen LogP contribution in [0.25, 0.3) is 6.08 Å². The van der Waals surface area contributed by atoms with Crippen LogP contribution in [0.5, 0.6) is 0 Å². The van der Waals surface area contributed by atoms with Crippen LogP contribution in [0.4, 0.5) is 17.1 Å². The third kappa shape index (κ3) is 4.63. The van der Waals surface area contributed by atoms with E-state index in [4.69, 9.17) is 0 Å². The fourth-order valence-electron chi connectivity index (χ4n) is 2.15. The largest absolute Gasteiger partial charge is 0.301 e. The molecule has 1 aromatic carbocycles. The summed E-state index contributed by atoms with van der Waals surface area (Å²) in [6, 6.07) is 11.0. The normalized spacial score (nSPS) is 11.6. The molecule has 0 bridgehead atoms. The van der Waals surface area contributed by atoms with E-state index in [1.165, 1.54) is 23.5 Å². The second-order valence-electron chi connectivity index (χ2n) is 5.15. The van der Waals surface area contributed by atoms with Gasteiger partial charge in [-0.15, -0.1) is 22.7 Å². The number of hydrogen-bond acceptors (Lipinski definition) is 8. The number of nitro benzene ring substituents is 2. The Morgan fingerprint density at radius 1 is 1.04 bits per heavy atom. The van der Waals surface area contributed by atoms with Crippen molar-refractivity contribution < 1.29 is 9.85 Å². The van der Waals surface area contributed by atoms with Crippen molar-refractivity contribution in [2.75, 3.05) is 5.43 Å². The number of rotatable bonds is 7. The molecule has 0 amide bonds. The molecule has 0 fully saturated rings. The predicted octanol–water partition coefficient (Wildman–Crippen LogP) is 5.16. The fourth-order valence-corrected chi connectivity index (χ4v) is 3.46. The zero-order valence-electron chi connectivity index (χ0n) is 13.6. The van der Waals surface area contributed by atoms with Gasteiger partial charge in [0.25, 0.3) is 5.69 Å². The molecule has 10 heteroatoms. The van der Waals surface area contributed by atoms with Crippen molar-refractivity contribution in [3.8, 4) is 0 Å². The van der Waals surface area contributed by atoms with Gasteiger partial charge in [0.2, 0.25) is 0 Å². The quantitative estimate of drug-likeness (QED) is 0.335. The van der Waals surface area contributed by atoms with Gasteiger partial charge in [0.15, 0.2) is 0 Å². The van der Waals surface area contributed by atoms with Gasteiger partial charge < -0.3 is 0 Å². The Bertz CT molecular complexity index is 1010. The van der Waals surface area contributed by atoms with Crippen molar-refractivity contribution in [2.45, 2.75) is 0 Å². The number of non-ortho nitro benzene ring substituents is 1. The van der Waals surface area contributed by atoms with Crippen LogP contribution in [-0.2, 0) is 0 Å². The number of nitrogens with one attached hydrogen (secondary N) is 1. The average molecular weight is 400 g/mol. The number of hydrogen-bond donors (Lipinski definition) is 1. The van der Waals surface area contributed by atoms with E-state index >= 15 is 0 Å². The topological polar surface area (TPSA) is 111 Å². The molecule has 0 saturated heterocycles. The Labute approximate surface area is 161 Å². The van der Waals surface area contributed by atoms with E-state index in [1.807, 2.05) is 47.2 Å². The monoisotopic (exact) mass is 400 g/mol. The van der Waals surface area contributed by atoms with Crippen LogP contribution in [0.3, 0.4) is 0 Å². The van der Waals surface area contributed by atoms with Gasteiger partial charge in [-0.05, 0) is 41.1 Å². The Morgan fingerprint density at radius 3 is 2.44 bits per heavy atom. The van der Waals surface area contributed by atoms with E-state index in [-0.39, 0.29) is 11.4 Å². The molecule has 27 heavy (non-hydrogen) atoms. The number of benzene rings is 1. The van der Waals surface area contributed by atoms with Crippen LogP contribution < -0.4 is 5.43 Å². The minimum Gasteiger partial charge on any atom is -0.271 e. The first-order chi connectivity index (χ1) is 13.0. The molecular weight excluding hydrogens is 388 g/mol. The second-order valence-corrected chi connectivity index (χ2v) is 7.08. The van der Waals surface area contributed by atoms with Gasteiger partial charge in [-0.1, -0.05) is 12.1 Å². The summed E-state index contributed by atoms with van der Waals surface area (Å²) < 4.78 is 0. The summed E-state index contributed by atoms with van der Waals surface area (Å²) in [5, 5.41) is 30.2. The van der Waals surface area contributed by atoms with E-state index in [2.05, 4.69) is 10.5 Å². The molecule has 0 aliphatic rings. The van der Waals surface area contributed by atoms with Crippen molar-refractivity contribution in [3.63, 3.8) is 0 Å². The number of allylic oxidation sites excluding steroid dienone is 1. The zero-order valence-corrected chi connectivity index (χ0v) is 15.3. The molecule has 1 N–H and O–H groups in total. The van der Waals surface area contributed by atoms with Gasteiger partial charge in [0, 0.05) is 10.9 Å². The van der Waals surface area contributed by atoms with E-state index in [9.17, 15) is 20.2 Å². The molecule has 3 aromatic rings. The average Bonchev–Trinajstić information content (AvgIpc) is 3.35. The molecule has 8 nitrogen and oxygen atoms in total. The van der Waals surface area contributed by atoms with Crippen LogP contribution in [0, 0.1) is 20.2 Å². The Balaban J connectivity index is 1.92. The van der Waals surface area contributed by atoms with Crippen LogP contribution in [0.15, 0.2) is 64.4 Å². The lowest BCUT2D eigenvalue weighted by molar-refractivity contribution is -0.393. The maximum Gasteiger partial charge on any atom is 0.301 e. The van der Waals surface area contributed by atoms with Gasteiger partial charge in [0.05, 0.1) is 20.8 Å². The maximum absolute atomic E-state index is 11.2. The SMILES string of the molecule is O=[N+]([O-])c1ccc(N/N=C(\C=C\c2cccs2)c2cccs2)c([N+](=O)[O-])c1. The Kier molecular flexibility index (Phi) is 5.69.